The minimum absolute atomic E-state index is 0.0382. The molecule has 1 spiro atoms. The van der Waals surface area contributed by atoms with Gasteiger partial charge in [-0.05, 0) is 31.4 Å². The van der Waals surface area contributed by atoms with E-state index in [0.29, 0.717) is 52.6 Å². The molecule has 0 saturated carbocycles. The van der Waals surface area contributed by atoms with Gasteiger partial charge >= 0.3 is 0 Å². The number of rotatable bonds is 2. The van der Waals surface area contributed by atoms with Crippen molar-refractivity contribution in [1.82, 2.24) is 9.80 Å². The van der Waals surface area contributed by atoms with Gasteiger partial charge in [-0.1, -0.05) is 18.2 Å². The van der Waals surface area contributed by atoms with Crippen molar-refractivity contribution in [3.8, 4) is 0 Å². The molecule has 0 aromatic heterocycles. The highest BCUT2D eigenvalue weighted by molar-refractivity contribution is 5.96. The van der Waals surface area contributed by atoms with Gasteiger partial charge in [-0.25, -0.2) is 0 Å². The lowest BCUT2D eigenvalue weighted by Crippen LogP contribution is -2.49. The van der Waals surface area contributed by atoms with Crippen LogP contribution in [-0.2, 0) is 14.3 Å². The zero-order valence-corrected chi connectivity index (χ0v) is 16.0. The van der Waals surface area contributed by atoms with Crippen LogP contribution in [0.15, 0.2) is 24.3 Å². The van der Waals surface area contributed by atoms with Crippen molar-refractivity contribution in [3.05, 3.63) is 35.4 Å². The van der Waals surface area contributed by atoms with Crippen molar-refractivity contribution in [1.29, 1.82) is 0 Å². The normalized spacial score (nSPS) is 25.0. The Bertz CT molecular complexity index is 708. The first kappa shape index (κ1) is 18.4. The fourth-order valence-corrected chi connectivity index (χ4v) is 4.74. The molecule has 3 saturated heterocycles. The van der Waals surface area contributed by atoms with E-state index in [4.69, 9.17) is 9.47 Å². The standard InChI is InChI=1S/C21H28N2O4/c1-16-4-2-3-5-17(16)19(24)23-14-18(20(25)22-8-12-27-13-9-22)21(15-23)6-10-26-11-7-21/h2-5,18H,6-15H2,1H3. The number of hydrogen-bond donors (Lipinski definition) is 0. The molecule has 27 heavy (non-hydrogen) atoms. The molecule has 3 aliphatic rings. The maximum absolute atomic E-state index is 13.3. The number of morpholine rings is 1. The summed E-state index contributed by atoms with van der Waals surface area (Å²) >= 11 is 0. The molecule has 3 aliphatic heterocycles. The topological polar surface area (TPSA) is 59.1 Å². The number of benzene rings is 1. The average Bonchev–Trinajstić information content (AvgIpc) is 3.07. The SMILES string of the molecule is Cc1ccccc1C(=O)N1CC(C(=O)N2CCOCC2)C2(CCOCC2)C1. The van der Waals surface area contributed by atoms with Crippen LogP contribution in [0.2, 0.25) is 0 Å². The van der Waals surface area contributed by atoms with Crippen LogP contribution in [0.25, 0.3) is 0 Å². The Hall–Kier alpha value is -1.92. The Balaban J connectivity index is 1.58. The summed E-state index contributed by atoms with van der Waals surface area (Å²) in [7, 11) is 0. The number of carbonyl (C=O) groups is 2. The molecule has 6 nitrogen and oxygen atoms in total. The second-order valence-corrected chi connectivity index (χ2v) is 7.97. The molecule has 2 amide bonds. The second-order valence-electron chi connectivity index (χ2n) is 7.97. The third kappa shape index (κ3) is 3.48. The van der Waals surface area contributed by atoms with Crippen LogP contribution in [0.4, 0.5) is 0 Å². The van der Waals surface area contributed by atoms with Gasteiger partial charge in [-0.3, -0.25) is 9.59 Å². The number of likely N-dealkylation sites (tertiary alicyclic amines) is 1. The fourth-order valence-electron chi connectivity index (χ4n) is 4.74. The van der Waals surface area contributed by atoms with E-state index in [0.717, 1.165) is 24.0 Å². The van der Waals surface area contributed by atoms with Gasteiger partial charge in [0.1, 0.15) is 0 Å². The molecule has 0 N–H and O–H groups in total. The molecule has 1 aromatic rings. The summed E-state index contributed by atoms with van der Waals surface area (Å²) in [4.78, 5) is 30.3. The molecular formula is C21H28N2O4. The van der Waals surface area contributed by atoms with Crippen molar-refractivity contribution in [3.63, 3.8) is 0 Å². The van der Waals surface area contributed by atoms with Gasteiger partial charge in [0.25, 0.3) is 5.91 Å². The third-order valence-corrected chi connectivity index (χ3v) is 6.42. The first-order chi connectivity index (χ1) is 13.1. The van der Waals surface area contributed by atoms with E-state index in [1.807, 2.05) is 41.0 Å². The summed E-state index contributed by atoms with van der Waals surface area (Å²) in [6, 6.07) is 7.69. The van der Waals surface area contributed by atoms with E-state index in [-0.39, 0.29) is 23.1 Å². The van der Waals surface area contributed by atoms with Crippen LogP contribution in [-0.4, -0.2) is 74.2 Å². The number of hydrogen-bond acceptors (Lipinski definition) is 4. The summed E-state index contributed by atoms with van der Waals surface area (Å²) in [5.74, 6) is 0.0731. The Kier molecular flexibility index (Phi) is 5.19. The molecule has 0 bridgehead atoms. The van der Waals surface area contributed by atoms with E-state index in [1.54, 1.807) is 0 Å². The second kappa shape index (κ2) is 7.60. The molecule has 3 heterocycles. The smallest absolute Gasteiger partial charge is 0.254 e. The van der Waals surface area contributed by atoms with Crippen molar-refractivity contribution in [2.24, 2.45) is 11.3 Å². The minimum atomic E-state index is -0.161. The summed E-state index contributed by atoms with van der Waals surface area (Å²) < 4.78 is 11.0. The minimum Gasteiger partial charge on any atom is -0.381 e. The lowest BCUT2D eigenvalue weighted by molar-refractivity contribution is -0.144. The maximum atomic E-state index is 13.3. The monoisotopic (exact) mass is 372 g/mol. The van der Waals surface area contributed by atoms with Gasteiger partial charge in [-0.15, -0.1) is 0 Å². The maximum Gasteiger partial charge on any atom is 0.254 e. The number of nitrogens with zero attached hydrogens (tertiary/aromatic N) is 2. The first-order valence-corrected chi connectivity index (χ1v) is 9.90. The molecule has 146 valence electrons. The highest BCUT2D eigenvalue weighted by atomic mass is 16.5. The van der Waals surface area contributed by atoms with Crippen molar-refractivity contribution in [2.75, 3.05) is 52.6 Å². The van der Waals surface area contributed by atoms with Crippen LogP contribution in [0.1, 0.15) is 28.8 Å². The molecule has 0 radical (unpaired) electrons. The van der Waals surface area contributed by atoms with Crippen molar-refractivity contribution in [2.45, 2.75) is 19.8 Å². The quantitative estimate of drug-likeness (QED) is 0.793. The van der Waals surface area contributed by atoms with Gasteiger partial charge in [0.15, 0.2) is 0 Å². The number of ether oxygens (including phenoxy) is 2. The zero-order chi connectivity index (χ0) is 18.9. The fraction of sp³-hybridized carbons (Fsp3) is 0.619. The molecule has 1 unspecified atom stereocenters. The van der Waals surface area contributed by atoms with Gasteiger partial charge in [0.2, 0.25) is 5.91 Å². The van der Waals surface area contributed by atoms with Crippen molar-refractivity contribution >= 4 is 11.8 Å². The predicted octanol–water partition coefficient (Wildman–Crippen LogP) is 1.72. The molecule has 3 fully saturated rings. The number of aryl methyl sites for hydroxylation is 1. The van der Waals surface area contributed by atoms with Crippen LogP contribution in [0.3, 0.4) is 0 Å². The lowest BCUT2D eigenvalue weighted by Gasteiger charge is -2.39. The molecule has 0 aliphatic carbocycles. The van der Waals surface area contributed by atoms with Crippen LogP contribution in [0.5, 0.6) is 0 Å². The van der Waals surface area contributed by atoms with Gasteiger partial charge in [-0.2, -0.15) is 0 Å². The van der Waals surface area contributed by atoms with Gasteiger partial charge < -0.3 is 19.3 Å². The summed E-state index contributed by atoms with van der Waals surface area (Å²) in [5, 5.41) is 0. The highest BCUT2D eigenvalue weighted by Gasteiger charge is 2.52. The summed E-state index contributed by atoms with van der Waals surface area (Å²) in [5.41, 5.74) is 1.55. The lowest BCUT2D eigenvalue weighted by atomic mass is 9.71. The zero-order valence-electron chi connectivity index (χ0n) is 16.0. The Morgan fingerprint density at radius 3 is 2.37 bits per heavy atom. The van der Waals surface area contributed by atoms with Crippen LogP contribution in [0, 0.1) is 18.3 Å². The van der Waals surface area contributed by atoms with E-state index < -0.39 is 0 Å². The Morgan fingerprint density at radius 2 is 1.67 bits per heavy atom. The van der Waals surface area contributed by atoms with E-state index in [2.05, 4.69) is 0 Å². The van der Waals surface area contributed by atoms with Crippen molar-refractivity contribution < 1.29 is 19.1 Å². The van der Waals surface area contributed by atoms with Crippen LogP contribution >= 0.6 is 0 Å². The Labute approximate surface area is 160 Å². The van der Waals surface area contributed by atoms with E-state index in [1.165, 1.54) is 0 Å². The van der Waals surface area contributed by atoms with E-state index in [9.17, 15) is 9.59 Å². The van der Waals surface area contributed by atoms with Crippen LogP contribution < -0.4 is 0 Å². The molecule has 6 heteroatoms. The highest BCUT2D eigenvalue weighted by Crippen LogP contribution is 2.45. The van der Waals surface area contributed by atoms with Gasteiger partial charge in [0.05, 0.1) is 19.1 Å². The third-order valence-electron chi connectivity index (χ3n) is 6.42. The summed E-state index contributed by atoms with van der Waals surface area (Å²) in [6.07, 6.45) is 1.68. The largest absolute Gasteiger partial charge is 0.381 e. The predicted molar refractivity (Wildman–Crippen MR) is 100 cm³/mol. The summed E-state index contributed by atoms with van der Waals surface area (Å²) in [6.45, 7) is 6.93. The molecule has 1 aromatic carbocycles. The Morgan fingerprint density at radius 1 is 1.00 bits per heavy atom. The average molecular weight is 372 g/mol. The molecular weight excluding hydrogens is 344 g/mol. The molecule has 1 atom stereocenters. The molecule has 4 rings (SSSR count). The first-order valence-electron chi connectivity index (χ1n) is 9.90. The number of carbonyl (C=O) groups excluding carboxylic acids is 2. The van der Waals surface area contributed by atoms with Gasteiger partial charge in [0, 0.05) is 50.4 Å². The number of amides is 2. The van der Waals surface area contributed by atoms with E-state index >= 15 is 0 Å².